The fraction of sp³-hybridized carbons (Fsp3) is 0.440. The normalized spacial score (nSPS) is 15.6. The summed E-state index contributed by atoms with van der Waals surface area (Å²) in [5.41, 5.74) is 3.95. The van der Waals surface area contributed by atoms with Crippen LogP contribution >= 0.6 is 22.7 Å². The Morgan fingerprint density at radius 2 is 1.76 bits per heavy atom. The number of likely N-dealkylation sites (tertiary alicyclic amines) is 1. The number of anilines is 1. The van der Waals surface area contributed by atoms with E-state index in [1.807, 2.05) is 19.1 Å². The Kier molecular flexibility index (Phi) is 8.65. The lowest BCUT2D eigenvalue weighted by molar-refractivity contribution is -0.0270. The molecule has 1 aliphatic rings. The zero-order chi connectivity index (χ0) is 24.0. The van der Waals surface area contributed by atoms with Crippen LogP contribution in [-0.2, 0) is 14.8 Å². The summed E-state index contributed by atoms with van der Waals surface area (Å²) in [5.74, 6) is 0.566. The maximum Gasteiger partial charge on any atom is 0.229 e. The molecule has 0 spiro atoms. The molecule has 0 aliphatic carbocycles. The van der Waals surface area contributed by atoms with Crippen LogP contribution in [0.3, 0.4) is 0 Å². The highest BCUT2D eigenvalue weighted by atomic mass is 32.2. The van der Waals surface area contributed by atoms with Crippen molar-refractivity contribution in [2.45, 2.75) is 38.4 Å². The number of nitrogens with one attached hydrogen (secondary N) is 1. The summed E-state index contributed by atoms with van der Waals surface area (Å²) < 4.78 is 38.3. The van der Waals surface area contributed by atoms with Crippen LogP contribution in [-0.4, -0.2) is 51.9 Å². The monoisotopic (exact) mass is 520 g/mol. The van der Waals surface area contributed by atoms with E-state index in [1.165, 1.54) is 11.1 Å². The van der Waals surface area contributed by atoms with E-state index in [9.17, 15) is 8.42 Å². The first-order valence-corrected chi connectivity index (χ1v) is 15.3. The molecule has 0 unspecified atom stereocenters. The molecule has 34 heavy (non-hydrogen) atoms. The number of ether oxygens (including phenoxy) is 2. The van der Waals surface area contributed by atoms with Gasteiger partial charge in [0.1, 0.15) is 11.9 Å². The van der Waals surface area contributed by atoms with Crippen LogP contribution in [0.4, 0.5) is 5.69 Å². The van der Waals surface area contributed by atoms with Gasteiger partial charge < -0.3 is 14.4 Å². The molecule has 1 saturated heterocycles. The number of thiophene rings is 2. The summed E-state index contributed by atoms with van der Waals surface area (Å²) in [5, 5.41) is 8.59. The standard InChI is InChI=1S/C25H32N2O4S3/c1-19-4-5-24(23(16-19)26-34(2,28)29)30-13-3-10-27-11-6-22(7-12-27)31-25(20-8-14-32-17-20)21-9-15-33-18-21/h4-5,8-9,14-18,22,25-26H,3,6-7,10-13H2,1-2H3. The topological polar surface area (TPSA) is 67.9 Å². The van der Waals surface area contributed by atoms with Crippen LogP contribution in [0.25, 0.3) is 0 Å². The quantitative estimate of drug-likeness (QED) is 0.337. The van der Waals surface area contributed by atoms with Crippen LogP contribution in [0, 0.1) is 6.92 Å². The molecule has 184 valence electrons. The molecule has 1 aromatic carbocycles. The molecule has 0 atom stereocenters. The van der Waals surface area contributed by atoms with Gasteiger partial charge in [-0.1, -0.05) is 6.07 Å². The largest absolute Gasteiger partial charge is 0.491 e. The lowest BCUT2D eigenvalue weighted by atomic mass is 10.0. The maximum absolute atomic E-state index is 11.6. The van der Waals surface area contributed by atoms with Crippen molar-refractivity contribution in [3.63, 3.8) is 0 Å². The first-order valence-electron chi connectivity index (χ1n) is 11.5. The Morgan fingerprint density at radius 1 is 1.09 bits per heavy atom. The Hall–Kier alpha value is -1.91. The summed E-state index contributed by atoms with van der Waals surface area (Å²) in [6.45, 7) is 5.43. The third-order valence-corrected chi connectivity index (χ3v) is 7.86. The number of hydrogen-bond donors (Lipinski definition) is 1. The minimum absolute atomic E-state index is 0.0201. The highest BCUT2D eigenvalue weighted by Gasteiger charge is 2.25. The molecule has 0 saturated carbocycles. The molecular weight excluding hydrogens is 488 g/mol. The molecule has 1 N–H and O–H groups in total. The third kappa shape index (κ3) is 7.29. The van der Waals surface area contributed by atoms with Crippen molar-refractivity contribution in [2.75, 3.05) is 37.2 Å². The maximum atomic E-state index is 11.6. The van der Waals surface area contributed by atoms with E-state index < -0.39 is 10.0 Å². The summed E-state index contributed by atoms with van der Waals surface area (Å²) in [7, 11) is -3.36. The van der Waals surface area contributed by atoms with Crippen LogP contribution in [0.1, 0.15) is 42.1 Å². The van der Waals surface area contributed by atoms with Gasteiger partial charge in [-0.15, -0.1) is 0 Å². The molecule has 6 nitrogen and oxygen atoms in total. The Bertz CT molecular complexity index is 1090. The number of aryl methyl sites for hydroxylation is 1. The molecule has 3 heterocycles. The lowest BCUT2D eigenvalue weighted by Gasteiger charge is -2.33. The first-order chi connectivity index (χ1) is 16.4. The zero-order valence-electron chi connectivity index (χ0n) is 19.6. The molecule has 0 bridgehead atoms. The average molecular weight is 521 g/mol. The van der Waals surface area contributed by atoms with E-state index in [0.717, 1.165) is 50.7 Å². The third-order valence-electron chi connectivity index (χ3n) is 5.86. The van der Waals surface area contributed by atoms with E-state index >= 15 is 0 Å². The highest BCUT2D eigenvalue weighted by Crippen LogP contribution is 2.32. The van der Waals surface area contributed by atoms with Gasteiger partial charge in [-0.25, -0.2) is 8.42 Å². The van der Waals surface area contributed by atoms with Gasteiger partial charge >= 0.3 is 0 Å². The predicted molar refractivity (Wildman–Crippen MR) is 141 cm³/mol. The summed E-state index contributed by atoms with van der Waals surface area (Å²) >= 11 is 3.42. The second-order valence-electron chi connectivity index (χ2n) is 8.75. The summed E-state index contributed by atoms with van der Waals surface area (Å²) in [6.07, 6.45) is 4.35. The smallest absolute Gasteiger partial charge is 0.229 e. The van der Waals surface area contributed by atoms with E-state index in [4.69, 9.17) is 9.47 Å². The van der Waals surface area contributed by atoms with E-state index in [0.29, 0.717) is 18.0 Å². The van der Waals surface area contributed by atoms with E-state index in [1.54, 1.807) is 28.7 Å². The zero-order valence-corrected chi connectivity index (χ0v) is 22.1. The van der Waals surface area contributed by atoms with Crippen LogP contribution < -0.4 is 9.46 Å². The van der Waals surface area contributed by atoms with Gasteiger partial charge in [0.15, 0.2) is 0 Å². The van der Waals surface area contributed by atoms with Gasteiger partial charge in [0.2, 0.25) is 10.0 Å². The minimum Gasteiger partial charge on any atom is -0.491 e. The Morgan fingerprint density at radius 3 is 2.35 bits per heavy atom. The van der Waals surface area contributed by atoms with E-state index in [2.05, 4.69) is 43.3 Å². The molecule has 3 aromatic rings. The highest BCUT2D eigenvalue weighted by molar-refractivity contribution is 7.92. The number of rotatable bonds is 11. The van der Waals surface area contributed by atoms with Crippen LogP contribution in [0.15, 0.2) is 51.9 Å². The Balaban J connectivity index is 1.22. The van der Waals surface area contributed by atoms with Crippen molar-refractivity contribution in [3.05, 3.63) is 68.5 Å². The van der Waals surface area contributed by atoms with Crippen molar-refractivity contribution in [3.8, 4) is 5.75 Å². The minimum atomic E-state index is -3.36. The number of sulfonamides is 1. The summed E-state index contributed by atoms with van der Waals surface area (Å²) in [6, 6.07) is 9.86. The van der Waals surface area contributed by atoms with Gasteiger partial charge in [-0.2, -0.15) is 22.7 Å². The number of benzene rings is 1. The molecule has 1 fully saturated rings. The SMILES string of the molecule is Cc1ccc(OCCCN2CCC(OC(c3ccsc3)c3ccsc3)CC2)c(NS(C)(=O)=O)c1. The predicted octanol–water partition coefficient (Wildman–Crippen LogP) is 5.53. The van der Waals surface area contributed by atoms with Crippen molar-refractivity contribution in [2.24, 2.45) is 0 Å². The molecule has 2 aromatic heterocycles. The summed E-state index contributed by atoms with van der Waals surface area (Å²) in [4.78, 5) is 2.46. The number of hydrogen-bond acceptors (Lipinski definition) is 7. The van der Waals surface area contributed by atoms with Crippen molar-refractivity contribution in [1.82, 2.24) is 4.90 Å². The van der Waals surface area contributed by atoms with Crippen LogP contribution in [0.5, 0.6) is 5.75 Å². The molecule has 1 aliphatic heterocycles. The first kappa shape index (κ1) is 25.2. The van der Waals surface area contributed by atoms with Gasteiger partial charge in [0.25, 0.3) is 0 Å². The fourth-order valence-corrected chi connectivity index (χ4v) is 6.08. The van der Waals surface area contributed by atoms with Gasteiger partial charge in [-0.3, -0.25) is 4.72 Å². The molecular formula is C25H32N2O4S3. The Labute approximate surface area is 210 Å². The lowest BCUT2D eigenvalue weighted by Crippen LogP contribution is -2.38. The van der Waals surface area contributed by atoms with Gasteiger partial charge in [-0.05, 0) is 88.7 Å². The molecule has 9 heteroatoms. The second-order valence-corrected chi connectivity index (χ2v) is 12.1. The van der Waals surface area contributed by atoms with Gasteiger partial charge in [0, 0.05) is 19.6 Å². The van der Waals surface area contributed by atoms with E-state index in [-0.39, 0.29) is 12.2 Å². The fourth-order valence-electron chi connectivity index (χ4n) is 4.18. The van der Waals surface area contributed by atoms with Crippen molar-refractivity contribution in [1.29, 1.82) is 0 Å². The second kappa shape index (κ2) is 11.7. The number of nitrogens with zero attached hydrogens (tertiary/aromatic N) is 1. The molecule has 0 radical (unpaired) electrons. The molecule has 0 amide bonds. The molecule has 4 rings (SSSR count). The van der Waals surface area contributed by atoms with Crippen molar-refractivity contribution < 1.29 is 17.9 Å². The van der Waals surface area contributed by atoms with Crippen LogP contribution in [0.2, 0.25) is 0 Å². The number of piperidine rings is 1. The average Bonchev–Trinajstić information content (AvgIpc) is 3.51. The van der Waals surface area contributed by atoms with Crippen molar-refractivity contribution >= 4 is 38.4 Å². The van der Waals surface area contributed by atoms with Gasteiger partial charge in [0.05, 0.1) is 24.7 Å².